The fourth-order valence-corrected chi connectivity index (χ4v) is 4.74. The fourth-order valence-electron chi connectivity index (χ4n) is 4.74. The molecule has 2 atom stereocenters. The van der Waals surface area contributed by atoms with Crippen LogP contribution in [0.3, 0.4) is 0 Å². The molecule has 0 aliphatic carbocycles. The average molecular weight is 358 g/mol. The van der Waals surface area contributed by atoms with E-state index in [1.807, 2.05) is 0 Å². The minimum absolute atomic E-state index is 0.327. The number of hydrogen-bond donors (Lipinski definition) is 0. The SMILES string of the molecule is CCCC1CN(C(=O)CN2CCC(c3ccccc3)CC2)CC1N(C)C. The topological polar surface area (TPSA) is 26.8 Å². The summed E-state index contributed by atoms with van der Waals surface area (Å²) in [7, 11) is 4.30. The van der Waals surface area contributed by atoms with Crippen molar-refractivity contribution in [2.75, 3.05) is 46.8 Å². The highest BCUT2D eigenvalue weighted by molar-refractivity contribution is 5.78. The molecular formula is C22H35N3O. The van der Waals surface area contributed by atoms with Gasteiger partial charge in [-0.2, -0.15) is 0 Å². The number of carbonyl (C=O) groups excluding carboxylic acids is 1. The number of likely N-dealkylation sites (tertiary alicyclic amines) is 2. The zero-order chi connectivity index (χ0) is 18.5. The van der Waals surface area contributed by atoms with Crippen LogP contribution in [-0.2, 0) is 4.79 Å². The van der Waals surface area contributed by atoms with Crippen LogP contribution >= 0.6 is 0 Å². The number of rotatable bonds is 6. The predicted molar refractivity (Wildman–Crippen MR) is 107 cm³/mol. The smallest absolute Gasteiger partial charge is 0.236 e. The standard InChI is InChI=1S/C22H35N3O/c1-4-8-20-15-25(16-21(20)23(2)3)22(26)17-24-13-11-19(12-14-24)18-9-6-5-7-10-18/h5-7,9-10,19-21H,4,8,11-17H2,1-3H3. The first kappa shape index (κ1) is 19.4. The van der Waals surface area contributed by atoms with E-state index in [1.54, 1.807) is 0 Å². The van der Waals surface area contributed by atoms with Crippen LogP contribution in [0.25, 0.3) is 0 Å². The molecule has 0 aromatic heterocycles. The molecule has 4 heteroatoms. The number of carbonyl (C=O) groups is 1. The van der Waals surface area contributed by atoms with Crippen LogP contribution < -0.4 is 0 Å². The van der Waals surface area contributed by atoms with Crippen molar-refractivity contribution in [3.05, 3.63) is 35.9 Å². The highest BCUT2D eigenvalue weighted by atomic mass is 16.2. The van der Waals surface area contributed by atoms with Gasteiger partial charge in [0.2, 0.25) is 5.91 Å². The van der Waals surface area contributed by atoms with Crippen LogP contribution in [0.15, 0.2) is 30.3 Å². The molecule has 0 saturated carbocycles. The van der Waals surface area contributed by atoms with Crippen molar-refractivity contribution < 1.29 is 4.79 Å². The summed E-state index contributed by atoms with van der Waals surface area (Å²) in [6.45, 7) is 6.75. The Bertz CT molecular complexity index is 566. The Kier molecular flexibility index (Phi) is 6.71. The molecule has 0 spiro atoms. The van der Waals surface area contributed by atoms with Gasteiger partial charge in [-0.25, -0.2) is 0 Å². The summed E-state index contributed by atoms with van der Waals surface area (Å²) in [6, 6.07) is 11.3. The molecule has 2 fully saturated rings. The lowest BCUT2D eigenvalue weighted by atomic mass is 9.89. The number of amides is 1. The lowest BCUT2D eigenvalue weighted by molar-refractivity contribution is -0.131. The number of piperidine rings is 1. The van der Waals surface area contributed by atoms with Crippen LogP contribution in [-0.4, -0.2) is 73.5 Å². The Hall–Kier alpha value is -1.39. The summed E-state index contributed by atoms with van der Waals surface area (Å²) < 4.78 is 0. The maximum Gasteiger partial charge on any atom is 0.236 e. The van der Waals surface area contributed by atoms with Gasteiger partial charge in [0.25, 0.3) is 0 Å². The lowest BCUT2D eigenvalue weighted by Crippen LogP contribution is -2.43. The van der Waals surface area contributed by atoms with Crippen LogP contribution in [0.5, 0.6) is 0 Å². The van der Waals surface area contributed by atoms with Crippen molar-refractivity contribution in [2.24, 2.45) is 5.92 Å². The third-order valence-electron chi connectivity index (χ3n) is 6.30. The van der Waals surface area contributed by atoms with E-state index in [4.69, 9.17) is 0 Å². The largest absolute Gasteiger partial charge is 0.340 e. The van der Waals surface area contributed by atoms with E-state index < -0.39 is 0 Å². The molecule has 1 aromatic carbocycles. The van der Waals surface area contributed by atoms with Gasteiger partial charge in [0, 0.05) is 19.1 Å². The normalized spacial score (nSPS) is 25.2. The molecule has 0 bridgehead atoms. The summed E-state index contributed by atoms with van der Waals surface area (Å²) in [5.74, 6) is 1.61. The van der Waals surface area contributed by atoms with Gasteiger partial charge in [0.05, 0.1) is 6.54 Å². The highest BCUT2D eigenvalue weighted by Crippen LogP contribution is 2.28. The zero-order valence-electron chi connectivity index (χ0n) is 16.7. The summed E-state index contributed by atoms with van der Waals surface area (Å²) in [5.41, 5.74) is 1.45. The lowest BCUT2D eigenvalue weighted by Gasteiger charge is -2.32. The summed E-state index contributed by atoms with van der Waals surface area (Å²) >= 11 is 0. The second-order valence-corrected chi connectivity index (χ2v) is 8.34. The van der Waals surface area contributed by atoms with Gasteiger partial charge < -0.3 is 9.80 Å². The van der Waals surface area contributed by atoms with Crippen LogP contribution in [0.2, 0.25) is 0 Å². The van der Waals surface area contributed by atoms with E-state index in [0.717, 1.165) is 39.0 Å². The van der Waals surface area contributed by atoms with Crippen LogP contribution in [0.1, 0.15) is 44.1 Å². The molecule has 26 heavy (non-hydrogen) atoms. The molecule has 2 aliphatic heterocycles. The van der Waals surface area contributed by atoms with Gasteiger partial charge in [-0.3, -0.25) is 9.69 Å². The van der Waals surface area contributed by atoms with Gasteiger partial charge in [-0.15, -0.1) is 0 Å². The second-order valence-electron chi connectivity index (χ2n) is 8.34. The van der Waals surface area contributed by atoms with Crippen LogP contribution in [0.4, 0.5) is 0 Å². The molecule has 3 rings (SSSR count). The molecule has 2 aliphatic rings. The molecule has 2 heterocycles. The molecule has 2 unspecified atom stereocenters. The average Bonchev–Trinajstić information content (AvgIpc) is 3.08. The molecule has 0 N–H and O–H groups in total. The van der Waals surface area contributed by atoms with Crippen molar-refractivity contribution in [1.29, 1.82) is 0 Å². The first-order valence-electron chi connectivity index (χ1n) is 10.3. The third-order valence-corrected chi connectivity index (χ3v) is 6.30. The molecule has 1 amide bonds. The minimum atomic E-state index is 0.327. The molecule has 144 valence electrons. The number of hydrogen-bond acceptors (Lipinski definition) is 3. The van der Waals surface area contributed by atoms with E-state index in [9.17, 15) is 4.79 Å². The molecular weight excluding hydrogens is 322 g/mol. The summed E-state index contributed by atoms with van der Waals surface area (Å²) in [4.78, 5) is 19.6. The van der Waals surface area contributed by atoms with Crippen molar-refractivity contribution >= 4 is 5.91 Å². The number of nitrogens with zero attached hydrogens (tertiary/aromatic N) is 3. The van der Waals surface area contributed by atoms with Crippen molar-refractivity contribution in [1.82, 2.24) is 14.7 Å². The molecule has 0 radical (unpaired) electrons. The predicted octanol–water partition coefficient (Wildman–Crippen LogP) is 3.05. The number of likely N-dealkylation sites (N-methyl/N-ethyl adjacent to an activating group) is 1. The second kappa shape index (κ2) is 9.01. The third kappa shape index (κ3) is 4.66. The van der Waals surface area contributed by atoms with Gasteiger partial charge in [0.15, 0.2) is 0 Å². The number of benzene rings is 1. The van der Waals surface area contributed by atoms with E-state index in [0.29, 0.717) is 30.3 Å². The Labute approximate surface area is 159 Å². The highest BCUT2D eigenvalue weighted by Gasteiger charge is 2.36. The molecule has 4 nitrogen and oxygen atoms in total. The molecule has 1 aromatic rings. The Morgan fingerprint density at radius 1 is 1.12 bits per heavy atom. The van der Waals surface area contributed by atoms with Gasteiger partial charge in [0.1, 0.15) is 0 Å². The summed E-state index contributed by atoms with van der Waals surface area (Å²) in [6.07, 6.45) is 4.74. The Balaban J connectivity index is 1.48. The Morgan fingerprint density at radius 3 is 2.42 bits per heavy atom. The monoisotopic (exact) mass is 357 g/mol. The van der Waals surface area contributed by atoms with E-state index in [1.165, 1.54) is 18.4 Å². The van der Waals surface area contributed by atoms with E-state index in [2.05, 4.69) is 66.1 Å². The van der Waals surface area contributed by atoms with Gasteiger partial charge in [-0.1, -0.05) is 43.7 Å². The van der Waals surface area contributed by atoms with Crippen molar-refractivity contribution in [3.63, 3.8) is 0 Å². The van der Waals surface area contributed by atoms with Crippen molar-refractivity contribution in [3.8, 4) is 0 Å². The summed E-state index contributed by atoms with van der Waals surface area (Å²) in [5, 5.41) is 0. The first-order chi connectivity index (χ1) is 12.6. The minimum Gasteiger partial charge on any atom is -0.340 e. The fraction of sp³-hybridized carbons (Fsp3) is 0.682. The zero-order valence-corrected chi connectivity index (χ0v) is 16.7. The van der Waals surface area contributed by atoms with E-state index >= 15 is 0 Å². The first-order valence-corrected chi connectivity index (χ1v) is 10.3. The maximum atomic E-state index is 12.8. The van der Waals surface area contributed by atoms with Gasteiger partial charge >= 0.3 is 0 Å². The van der Waals surface area contributed by atoms with E-state index in [-0.39, 0.29) is 0 Å². The van der Waals surface area contributed by atoms with Crippen LogP contribution in [0, 0.1) is 5.92 Å². The molecule has 2 saturated heterocycles. The maximum absolute atomic E-state index is 12.8. The van der Waals surface area contributed by atoms with Gasteiger partial charge in [-0.05, 0) is 63.8 Å². The quantitative estimate of drug-likeness (QED) is 0.783. The van der Waals surface area contributed by atoms with Crippen molar-refractivity contribution in [2.45, 2.75) is 44.6 Å². The Morgan fingerprint density at radius 2 is 1.81 bits per heavy atom.